The van der Waals surface area contributed by atoms with E-state index in [1.54, 1.807) is 0 Å². The third-order valence-corrected chi connectivity index (χ3v) is 3.74. The molecule has 2 aromatic rings. The standard InChI is InChI=1S/C18H15F6NO/c1-25(11-12-5-7-14(8-6-12)17(19,20)21)16(26)10-13-3-2-4-15(9-13)18(22,23)24/h2-9H,10-11H2,1H3. The molecule has 0 fully saturated rings. The quantitative estimate of drug-likeness (QED) is 0.695. The van der Waals surface area contributed by atoms with Gasteiger partial charge in [-0.3, -0.25) is 4.79 Å². The van der Waals surface area contributed by atoms with Crippen LogP contribution in [0.15, 0.2) is 48.5 Å². The lowest BCUT2D eigenvalue weighted by Gasteiger charge is -2.18. The zero-order chi connectivity index (χ0) is 19.5. The second kappa shape index (κ2) is 7.39. The lowest BCUT2D eigenvalue weighted by Crippen LogP contribution is -2.27. The summed E-state index contributed by atoms with van der Waals surface area (Å²) in [5, 5.41) is 0. The molecule has 0 aliphatic heterocycles. The van der Waals surface area contributed by atoms with Crippen LogP contribution in [0.5, 0.6) is 0 Å². The van der Waals surface area contributed by atoms with Crippen LogP contribution in [0, 0.1) is 0 Å². The summed E-state index contributed by atoms with van der Waals surface area (Å²) in [6.45, 7) is 0.0515. The fourth-order valence-corrected chi connectivity index (χ4v) is 2.33. The maximum absolute atomic E-state index is 12.7. The summed E-state index contributed by atoms with van der Waals surface area (Å²) in [6.07, 6.45) is -9.17. The fourth-order valence-electron chi connectivity index (χ4n) is 2.33. The van der Waals surface area contributed by atoms with E-state index in [0.29, 0.717) is 5.56 Å². The summed E-state index contributed by atoms with van der Waals surface area (Å²) < 4.78 is 75.7. The van der Waals surface area contributed by atoms with Crippen LogP contribution >= 0.6 is 0 Å². The normalized spacial score (nSPS) is 12.1. The van der Waals surface area contributed by atoms with Gasteiger partial charge in [0.05, 0.1) is 17.5 Å². The molecule has 2 rings (SSSR count). The molecule has 8 heteroatoms. The molecule has 2 aromatic carbocycles. The van der Waals surface area contributed by atoms with Crippen molar-refractivity contribution < 1.29 is 31.1 Å². The van der Waals surface area contributed by atoms with Gasteiger partial charge in [0, 0.05) is 13.6 Å². The third-order valence-electron chi connectivity index (χ3n) is 3.74. The second-order valence-corrected chi connectivity index (χ2v) is 5.82. The number of benzene rings is 2. The SMILES string of the molecule is CN(Cc1ccc(C(F)(F)F)cc1)C(=O)Cc1cccc(C(F)(F)F)c1. The van der Waals surface area contributed by atoms with Gasteiger partial charge >= 0.3 is 12.4 Å². The molecule has 1 amide bonds. The number of rotatable bonds is 4. The molecule has 0 unspecified atom stereocenters. The largest absolute Gasteiger partial charge is 0.416 e. The smallest absolute Gasteiger partial charge is 0.341 e. The lowest BCUT2D eigenvalue weighted by atomic mass is 10.1. The summed E-state index contributed by atoms with van der Waals surface area (Å²) in [4.78, 5) is 13.4. The maximum atomic E-state index is 12.7. The van der Waals surface area contributed by atoms with Crippen LogP contribution in [0.3, 0.4) is 0 Å². The molecule has 2 nitrogen and oxygen atoms in total. The number of amides is 1. The first-order chi connectivity index (χ1) is 12.0. The minimum Gasteiger partial charge on any atom is -0.341 e. The van der Waals surface area contributed by atoms with Gasteiger partial charge in [-0.15, -0.1) is 0 Å². The number of carbonyl (C=O) groups is 1. The Labute approximate surface area is 146 Å². The van der Waals surface area contributed by atoms with Gasteiger partial charge in [-0.2, -0.15) is 26.3 Å². The highest BCUT2D eigenvalue weighted by Crippen LogP contribution is 2.30. The Bertz CT molecular complexity index is 764. The predicted octanol–water partition coefficient (Wildman–Crippen LogP) is 4.93. The van der Waals surface area contributed by atoms with Gasteiger partial charge < -0.3 is 4.90 Å². The number of nitrogens with zero attached hydrogens (tertiary/aromatic N) is 1. The molecular weight excluding hydrogens is 360 g/mol. The predicted molar refractivity (Wildman–Crippen MR) is 83.1 cm³/mol. The van der Waals surface area contributed by atoms with Crippen molar-refractivity contribution in [2.75, 3.05) is 7.05 Å². The highest BCUT2D eigenvalue weighted by atomic mass is 19.4. The van der Waals surface area contributed by atoms with E-state index in [9.17, 15) is 31.1 Å². The van der Waals surface area contributed by atoms with Crippen LogP contribution in [-0.4, -0.2) is 17.9 Å². The van der Waals surface area contributed by atoms with E-state index in [1.807, 2.05) is 0 Å². The Hall–Kier alpha value is -2.51. The zero-order valence-electron chi connectivity index (χ0n) is 13.7. The van der Waals surface area contributed by atoms with Crippen LogP contribution in [0.25, 0.3) is 0 Å². The summed E-state index contributed by atoms with van der Waals surface area (Å²) in [6, 6.07) is 8.82. The highest BCUT2D eigenvalue weighted by Gasteiger charge is 2.31. The average Bonchev–Trinajstić information content (AvgIpc) is 2.54. The van der Waals surface area contributed by atoms with Crippen molar-refractivity contribution in [3.63, 3.8) is 0 Å². The van der Waals surface area contributed by atoms with E-state index in [2.05, 4.69) is 0 Å². The molecule has 0 saturated carbocycles. The van der Waals surface area contributed by atoms with Crippen LogP contribution in [0.2, 0.25) is 0 Å². The Balaban J connectivity index is 2.02. The van der Waals surface area contributed by atoms with E-state index in [1.165, 1.54) is 36.2 Å². The van der Waals surface area contributed by atoms with E-state index in [-0.39, 0.29) is 18.5 Å². The van der Waals surface area contributed by atoms with Crippen LogP contribution < -0.4 is 0 Å². The summed E-state index contributed by atoms with van der Waals surface area (Å²) in [5.41, 5.74) is -0.936. The third kappa shape index (κ3) is 5.24. The maximum Gasteiger partial charge on any atom is 0.416 e. The van der Waals surface area contributed by atoms with Crippen LogP contribution in [0.1, 0.15) is 22.3 Å². The summed E-state index contributed by atoms with van der Waals surface area (Å²) in [7, 11) is 1.44. The topological polar surface area (TPSA) is 20.3 Å². The molecule has 0 radical (unpaired) electrons. The molecule has 0 spiro atoms. The van der Waals surface area contributed by atoms with E-state index >= 15 is 0 Å². The van der Waals surface area contributed by atoms with Gasteiger partial charge in [0.25, 0.3) is 0 Å². The van der Waals surface area contributed by atoms with E-state index < -0.39 is 29.4 Å². The number of hydrogen-bond acceptors (Lipinski definition) is 1. The monoisotopic (exact) mass is 375 g/mol. The number of likely N-dealkylation sites (N-methyl/N-ethyl adjacent to an activating group) is 1. The van der Waals surface area contributed by atoms with Crippen molar-refractivity contribution in [2.24, 2.45) is 0 Å². The summed E-state index contributed by atoms with van der Waals surface area (Å²) in [5.74, 6) is -0.441. The first-order valence-electron chi connectivity index (χ1n) is 7.53. The van der Waals surface area contributed by atoms with Crippen molar-refractivity contribution in [1.29, 1.82) is 0 Å². The molecule has 0 saturated heterocycles. The molecule has 0 aliphatic carbocycles. The van der Waals surface area contributed by atoms with E-state index in [0.717, 1.165) is 24.3 Å². The Morgan fingerprint density at radius 2 is 1.42 bits per heavy atom. The Kier molecular flexibility index (Phi) is 5.63. The molecule has 0 atom stereocenters. The minimum atomic E-state index is -4.49. The molecule has 26 heavy (non-hydrogen) atoms. The average molecular weight is 375 g/mol. The first-order valence-corrected chi connectivity index (χ1v) is 7.53. The number of carbonyl (C=O) groups excluding carboxylic acids is 1. The number of halogens is 6. The first kappa shape index (κ1) is 19.8. The molecule has 0 aromatic heterocycles. The lowest BCUT2D eigenvalue weighted by molar-refractivity contribution is -0.138. The second-order valence-electron chi connectivity index (χ2n) is 5.82. The Morgan fingerprint density at radius 3 is 1.96 bits per heavy atom. The van der Waals surface area contributed by atoms with E-state index in [4.69, 9.17) is 0 Å². The molecule has 0 N–H and O–H groups in total. The minimum absolute atomic E-state index is 0.0515. The van der Waals surface area contributed by atoms with Crippen molar-refractivity contribution in [3.8, 4) is 0 Å². The Morgan fingerprint density at radius 1 is 0.846 bits per heavy atom. The van der Waals surface area contributed by atoms with Crippen molar-refractivity contribution in [3.05, 3.63) is 70.8 Å². The van der Waals surface area contributed by atoms with Crippen molar-refractivity contribution in [2.45, 2.75) is 25.3 Å². The molecule has 0 bridgehead atoms. The molecule has 0 heterocycles. The molecular formula is C18H15F6NO. The van der Waals surface area contributed by atoms with Crippen molar-refractivity contribution in [1.82, 2.24) is 4.90 Å². The van der Waals surface area contributed by atoms with Gasteiger partial charge in [0.1, 0.15) is 0 Å². The molecule has 0 aliphatic rings. The zero-order valence-corrected chi connectivity index (χ0v) is 13.7. The highest BCUT2D eigenvalue weighted by molar-refractivity contribution is 5.78. The number of alkyl halides is 6. The van der Waals surface area contributed by atoms with Gasteiger partial charge in [0.2, 0.25) is 5.91 Å². The van der Waals surface area contributed by atoms with Crippen LogP contribution in [0.4, 0.5) is 26.3 Å². The van der Waals surface area contributed by atoms with Gasteiger partial charge in [0.15, 0.2) is 0 Å². The summed E-state index contributed by atoms with van der Waals surface area (Å²) >= 11 is 0. The number of hydrogen-bond donors (Lipinski definition) is 0. The van der Waals surface area contributed by atoms with Crippen molar-refractivity contribution >= 4 is 5.91 Å². The fraction of sp³-hybridized carbons (Fsp3) is 0.278. The molecule has 140 valence electrons. The van der Waals surface area contributed by atoms with Crippen LogP contribution in [-0.2, 0) is 30.1 Å². The van der Waals surface area contributed by atoms with Gasteiger partial charge in [-0.1, -0.05) is 30.3 Å². The van der Waals surface area contributed by atoms with Gasteiger partial charge in [-0.05, 0) is 29.3 Å². The van der Waals surface area contributed by atoms with Gasteiger partial charge in [-0.25, -0.2) is 0 Å².